The Morgan fingerprint density at radius 2 is 1.88 bits per heavy atom. The molecule has 0 aliphatic rings. The summed E-state index contributed by atoms with van der Waals surface area (Å²) < 4.78 is 5.09. The average Bonchev–Trinajstić information content (AvgIpc) is 3.03. The van der Waals surface area contributed by atoms with Crippen LogP contribution >= 0.6 is 11.8 Å². The Balaban J connectivity index is 1.82. The Hall–Kier alpha value is -2.60. The second kappa shape index (κ2) is 7.74. The van der Waals surface area contributed by atoms with Crippen molar-refractivity contribution in [2.75, 3.05) is 11.9 Å². The molecule has 1 aromatic carbocycles. The lowest BCUT2D eigenvalue weighted by Gasteiger charge is -2.19. The van der Waals surface area contributed by atoms with Crippen LogP contribution in [0.3, 0.4) is 0 Å². The van der Waals surface area contributed by atoms with E-state index >= 15 is 0 Å². The van der Waals surface area contributed by atoms with E-state index < -0.39 is 0 Å². The van der Waals surface area contributed by atoms with Crippen LogP contribution in [0.25, 0.3) is 0 Å². The van der Waals surface area contributed by atoms with Crippen LogP contribution in [-0.2, 0) is 5.75 Å². The number of anilines is 1. The lowest BCUT2D eigenvalue weighted by atomic mass is 10.1. The molecule has 0 spiro atoms. The number of pyridine rings is 1. The number of nitrogens with zero attached hydrogens (tertiary/aromatic N) is 3. The minimum atomic E-state index is -0.0815. The van der Waals surface area contributed by atoms with Crippen molar-refractivity contribution < 1.29 is 9.32 Å². The van der Waals surface area contributed by atoms with Gasteiger partial charge in [0.1, 0.15) is 10.8 Å². The van der Waals surface area contributed by atoms with Crippen LogP contribution in [-0.4, -0.2) is 23.1 Å². The molecule has 0 aliphatic carbocycles. The van der Waals surface area contributed by atoms with Gasteiger partial charge in [-0.25, -0.2) is 4.98 Å². The van der Waals surface area contributed by atoms with Gasteiger partial charge in [0, 0.05) is 30.8 Å². The quantitative estimate of drug-likeness (QED) is 0.619. The van der Waals surface area contributed by atoms with Gasteiger partial charge in [0.05, 0.1) is 11.3 Å². The van der Waals surface area contributed by atoms with Gasteiger partial charge in [0.2, 0.25) is 0 Å². The number of amides is 1. The van der Waals surface area contributed by atoms with Gasteiger partial charge in [-0.15, -0.1) is 0 Å². The van der Waals surface area contributed by atoms with Crippen molar-refractivity contribution >= 4 is 23.4 Å². The van der Waals surface area contributed by atoms with E-state index in [-0.39, 0.29) is 5.91 Å². The number of carbonyl (C=O) groups is 1. The van der Waals surface area contributed by atoms with Crippen LogP contribution < -0.4 is 4.90 Å². The van der Waals surface area contributed by atoms with E-state index in [9.17, 15) is 4.79 Å². The molecule has 0 atom stereocenters. The molecule has 0 radical (unpaired) electrons. The number of hydrogen-bond donors (Lipinski definition) is 0. The summed E-state index contributed by atoms with van der Waals surface area (Å²) in [5, 5.41) is 4.68. The van der Waals surface area contributed by atoms with Gasteiger partial charge in [0.15, 0.2) is 0 Å². The smallest absolute Gasteiger partial charge is 0.260 e. The van der Waals surface area contributed by atoms with E-state index in [1.54, 1.807) is 24.2 Å². The molecular weight excluding hydrogens is 346 g/mol. The highest BCUT2D eigenvalue weighted by molar-refractivity contribution is 7.98. The lowest BCUT2D eigenvalue weighted by molar-refractivity contribution is 0.0989. The molecule has 1 amide bonds. The van der Waals surface area contributed by atoms with Crippen molar-refractivity contribution in [3.05, 3.63) is 70.7 Å². The molecule has 134 valence electrons. The number of hydrogen-bond acceptors (Lipinski definition) is 5. The minimum Gasteiger partial charge on any atom is -0.361 e. The summed E-state index contributed by atoms with van der Waals surface area (Å²) >= 11 is 1.48. The van der Waals surface area contributed by atoms with Crippen molar-refractivity contribution in [2.45, 2.75) is 31.6 Å². The van der Waals surface area contributed by atoms with Crippen molar-refractivity contribution in [3.63, 3.8) is 0 Å². The first-order valence-corrected chi connectivity index (χ1v) is 9.29. The topological polar surface area (TPSA) is 59.2 Å². The first kappa shape index (κ1) is 18.2. The fourth-order valence-corrected chi connectivity index (χ4v) is 3.61. The fourth-order valence-electron chi connectivity index (χ4n) is 2.74. The highest BCUT2D eigenvalue weighted by Gasteiger charge is 2.19. The molecule has 26 heavy (non-hydrogen) atoms. The summed E-state index contributed by atoms with van der Waals surface area (Å²) in [5.41, 5.74) is 4.54. The number of rotatable bonds is 5. The molecule has 0 aliphatic heterocycles. The molecule has 0 fully saturated rings. The predicted octanol–water partition coefficient (Wildman–Crippen LogP) is 4.56. The zero-order valence-corrected chi connectivity index (χ0v) is 16.1. The number of aromatic nitrogens is 2. The van der Waals surface area contributed by atoms with Gasteiger partial charge in [-0.1, -0.05) is 23.0 Å². The fraction of sp³-hybridized carbons (Fsp3) is 0.250. The van der Waals surface area contributed by atoms with Gasteiger partial charge in [-0.05, 0) is 56.2 Å². The first-order chi connectivity index (χ1) is 12.4. The number of carbonyl (C=O) groups excluding carboxylic acids is 1. The van der Waals surface area contributed by atoms with Crippen LogP contribution in [0.15, 0.2) is 52.1 Å². The monoisotopic (exact) mass is 367 g/mol. The molecule has 0 saturated carbocycles. The zero-order chi connectivity index (χ0) is 18.7. The second-order valence-electron chi connectivity index (χ2n) is 6.28. The van der Waals surface area contributed by atoms with E-state index in [4.69, 9.17) is 4.52 Å². The van der Waals surface area contributed by atoms with E-state index in [0.29, 0.717) is 16.3 Å². The predicted molar refractivity (Wildman–Crippen MR) is 104 cm³/mol. The van der Waals surface area contributed by atoms with E-state index in [2.05, 4.69) is 16.2 Å². The third-order valence-corrected chi connectivity index (χ3v) is 4.97. The van der Waals surface area contributed by atoms with Crippen molar-refractivity contribution in [3.8, 4) is 0 Å². The van der Waals surface area contributed by atoms with Crippen LogP contribution in [0.5, 0.6) is 0 Å². The molecule has 2 heterocycles. The van der Waals surface area contributed by atoms with Gasteiger partial charge in [-0.3, -0.25) is 4.79 Å². The third kappa shape index (κ3) is 4.14. The number of aryl methyl sites for hydroxylation is 3. The summed E-state index contributed by atoms with van der Waals surface area (Å²) in [5.74, 6) is 1.29. The van der Waals surface area contributed by atoms with Gasteiger partial charge >= 0.3 is 0 Å². The van der Waals surface area contributed by atoms with E-state index in [1.165, 1.54) is 11.8 Å². The Kier molecular flexibility index (Phi) is 5.42. The molecule has 6 heteroatoms. The zero-order valence-electron chi connectivity index (χ0n) is 15.3. The van der Waals surface area contributed by atoms with Crippen LogP contribution in [0.2, 0.25) is 0 Å². The maximum atomic E-state index is 13.0. The summed E-state index contributed by atoms with van der Waals surface area (Å²) in [4.78, 5) is 19.1. The maximum Gasteiger partial charge on any atom is 0.260 e. The van der Waals surface area contributed by atoms with E-state index in [0.717, 1.165) is 28.3 Å². The first-order valence-electron chi connectivity index (χ1n) is 8.30. The molecule has 0 N–H and O–H groups in total. The minimum absolute atomic E-state index is 0.0815. The highest BCUT2D eigenvalue weighted by atomic mass is 32.2. The Morgan fingerprint density at radius 1 is 1.15 bits per heavy atom. The molecule has 0 unspecified atom stereocenters. The molecular formula is C20H21N3O2S. The molecule has 2 aromatic heterocycles. The second-order valence-corrected chi connectivity index (χ2v) is 7.25. The molecule has 5 nitrogen and oxygen atoms in total. The Labute approximate surface area is 157 Å². The number of benzene rings is 1. The van der Waals surface area contributed by atoms with Crippen LogP contribution in [0, 0.1) is 20.8 Å². The van der Waals surface area contributed by atoms with Gasteiger partial charge < -0.3 is 9.42 Å². The molecule has 3 rings (SSSR count). The van der Waals surface area contributed by atoms with Crippen LogP contribution in [0.1, 0.15) is 32.9 Å². The third-order valence-electron chi connectivity index (χ3n) is 3.93. The highest BCUT2D eigenvalue weighted by Crippen LogP contribution is 2.27. The summed E-state index contributed by atoms with van der Waals surface area (Å²) in [7, 11) is 1.79. The Bertz CT molecular complexity index is 916. The molecule has 0 saturated heterocycles. The molecule has 0 bridgehead atoms. The largest absolute Gasteiger partial charge is 0.361 e. The van der Waals surface area contributed by atoms with Crippen molar-refractivity contribution in [1.82, 2.24) is 10.1 Å². The van der Waals surface area contributed by atoms with Crippen molar-refractivity contribution in [2.24, 2.45) is 0 Å². The average molecular weight is 367 g/mol. The SMILES string of the molecule is Cc1cc(C)cc(N(C)C(=O)c2cccnc2SCc2cc(C)on2)c1. The normalized spacial score (nSPS) is 10.8. The molecule has 3 aromatic rings. The van der Waals surface area contributed by atoms with Crippen LogP contribution in [0.4, 0.5) is 5.69 Å². The summed E-state index contributed by atoms with van der Waals surface area (Å²) in [6.07, 6.45) is 1.70. The van der Waals surface area contributed by atoms with Gasteiger partial charge in [0.25, 0.3) is 5.91 Å². The van der Waals surface area contributed by atoms with E-state index in [1.807, 2.05) is 45.0 Å². The summed E-state index contributed by atoms with van der Waals surface area (Å²) in [6, 6.07) is 11.6. The Morgan fingerprint density at radius 3 is 2.54 bits per heavy atom. The lowest BCUT2D eigenvalue weighted by Crippen LogP contribution is -2.27. The number of thioether (sulfide) groups is 1. The standard InChI is InChI=1S/C20H21N3O2S/c1-13-8-14(2)10-17(9-13)23(4)20(24)18-6-5-7-21-19(18)26-12-16-11-15(3)25-22-16/h5-11H,12H2,1-4H3. The van der Waals surface area contributed by atoms with Gasteiger partial charge in [-0.2, -0.15) is 0 Å². The maximum absolute atomic E-state index is 13.0. The van der Waals surface area contributed by atoms with Crippen molar-refractivity contribution in [1.29, 1.82) is 0 Å². The summed E-state index contributed by atoms with van der Waals surface area (Å²) in [6.45, 7) is 5.91.